The Morgan fingerprint density at radius 1 is 1.08 bits per heavy atom. The number of aromatic amines is 1. The molecule has 36 heavy (non-hydrogen) atoms. The van der Waals surface area contributed by atoms with Gasteiger partial charge >= 0.3 is 5.76 Å². The number of hydrogen-bond acceptors (Lipinski definition) is 9. The van der Waals surface area contributed by atoms with Crippen molar-refractivity contribution in [2.24, 2.45) is 0 Å². The Bertz CT molecular complexity index is 1550. The lowest BCUT2D eigenvalue weighted by atomic mass is 10.1. The number of nitrogens with zero attached hydrogens (tertiary/aromatic N) is 3. The third-order valence-electron chi connectivity index (χ3n) is 5.08. The van der Waals surface area contributed by atoms with Gasteiger partial charge in [0.15, 0.2) is 5.58 Å². The highest BCUT2D eigenvalue weighted by molar-refractivity contribution is 5.78. The van der Waals surface area contributed by atoms with E-state index in [0.717, 1.165) is 28.1 Å². The van der Waals surface area contributed by atoms with E-state index in [0.29, 0.717) is 28.6 Å². The highest BCUT2D eigenvalue weighted by Gasteiger charge is 2.10. The monoisotopic (exact) mass is 486 g/mol. The number of aromatic nitrogens is 4. The summed E-state index contributed by atoms with van der Waals surface area (Å²) >= 11 is 0. The molecule has 0 amide bonds. The molecule has 0 unspecified atom stereocenters. The van der Waals surface area contributed by atoms with Gasteiger partial charge in [-0.3, -0.25) is 14.8 Å². The molecule has 0 fully saturated rings. The molecular weight excluding hydrogens is 464 g/mol. The van der Waals surface area contributed by atoms with Gasteiger partial charge in [-0.25, -0.2) is 9.78 Å². The number of H-pyrrole nitrogens is 1. The van der Waals surface area contributed by atoms with Crippen molar-refractivity contribution >= 4 is 40.7 Å². The van der Waals surface area contributed by atoms with Crippen LogP contribution in [0.2, 0.25) is 0 Å². The molecule has 0 aliphatic heterocycles. The van der Waals surface area contributed by atoms with Crippen molar-refractivity contribution < 1.29 is 19.1 Å². The van der Waals surface area contributed by atoms with Crippen LogP contribution in [0.1, 0.15) is 5.56 Å². The lowest BCUT2D eigenvalue weighted by Gasteiger charge is -2.13. The van der Waals surface area contributed by atoms with Crippen molar-refractivity contribution in [3.63, 3.8) is 0 Å². The first-order valence-corrected chi connectivity index (χ1v) is 10.7. The molecule has 0 aliphatic rings. The Labute approximate surface area is 204 Å². The zero-order chi connectivity index (χ0) is 25.5. The molecule has 0 aliphatic carbocycles. The van der Waals surface area contributed by atoms with Gasteiger partial charge < -0.3 is 24.9 Å². The van der Waals surface area contributed by atoms with Gasteiger partial charge in [-0.2, -0.15) is 4.98 Å². The molecule has 11 nitrogen and oxygen atoms in total. The van der Waals surface area contributed by atoms with Gasteiger partial charge in [0, 0.05) is 52.7 Å². The lowest BCUT2D eigenvalue weighted by molar-refractivity contribution is -0.122. The average molecular weight is 486 g/mol. The fourth-order valence-corrected chi connectivity index (χ4v) is 3.45. The van der Waals surface area contributed by atoms with Gasteiger partial charge in [-0.05, 0) is 43.3 Å². The molecule has 0 saturated heterocycles. The maximum absolute atomic E-state index is 11.4. The van der Waals surface area contributed by atoms with Gasteiger partial charge in [0.2, 0.25) is 5.95 Å². The number of anilines is 4. The zero-order valence-corrected chi connectivity index (χ0v) is 19.4. The number of nitrogens with one attached hydrogen (secondary N) is 3. The maximum atomic E-state index is 11.4. The van der Waals surface area contributed by atoms with Gasteiger partial charge in [0.25, 0.3) is 6.47 Å². The molecule has 0 spiro atoms. The van der Waals surface area contributed by atoms with Crippen molar-refractivity contribution in [1.29, 1.82) is 0 Å². The highest BCUT2D eigenvalue weighted by atomic mass is 16.5. The van der Waals surface area contributed by atoms with Crippen molar-refractivity contribution in [3.05, 3.63) is 83.2 Å². The van der Waals surface area contributed by atoms with Crippen molar-refractivity contribution in [2.75, 3.05) is 17.7 Å². The van der Waals surface area contributed by atoms with Crippen LogP contribution in [-0.4, -0.2) is 38.6 Å². The molecule has 5 aromatic rings. The Hall–Kier alpha value is -5.19. The molecule has 5 rings (SSSR count). The van der Waals surface area contributed by atoms with Crippen LogP contribution in [0.25, 0.3) is 22.2 Å². The topological polar surface area (TPSA) is 155 Å². The number of hydrogen-bond donors (Lipinski definition) is 4. The standard InChI is InChI=1S/C24H20N6O3.CH2O2/c1-14-12-26-23(30-22(14)27-16-6-8-20-19(10-16)29-24(31)33-20)28-17-5-7-18(21(11-17)32-2)15-4-3-9-25-13-15;2-1-3/h3-13H,1-2H3,(H,29,31)(H2,26,27,28,30);1H,(H,2,3). The largest absolute Gasteiger partial charge is 0.496 e. The SMILES string of the molecule is COc1cc(Nc2ncc(C)c(Nc3ccc4oc(=O)[nH]c4c3)n2)ccc1-c1cccnc1.O=CO. The molecule has 2 aromatic carbocycles. The normalized spacial score (nSPS) is 10.3. The number of pyridine rings is 1. The molecule has 11 heteroatoms. The number of carboxylic acid groups (broad SMARTS) is 1. The van der Waals surface area contributed by atoms with E-state index < -0.39 is 5.76 Å². The molecule has 4 N–H and O–H groups in total. The molecule has 0 bridgehead atoms. The minimum atomic E-state index is -0.489. The number of fused-ring (bicyclic) bond motifs is 1. The summed E-state index contributed by atoms with van der Waals surface area (Å²) in [6, 6.07) is 15.0. The van der Waals surface area contributed by atoms with Crippen LogP contribution < -0.4 is 21.1 Å². The van der Waals surface area contributed by atoms with Crippen LogP contribution in [0.5, 0.6) is 5.75 Å². The molecule has 3 heterocycles. The van der Waals surface area contributed by atoms with E-state index in [9.17, 15) is 4.79 Å². The van der Waals surface area contributed by atoms with E-state index in [1.54, 1.807) is 37.8 Å². The van der Waals surface area contributed by atoms with E-state index in [2.05, 4.69) is 30.6 Å². The van der Waals surface area contributed by atoms with E-state index in [1.165, 1.54) is 0 Å². The minimum absolute atomic E-state index is 0.250. The van der Waals surface area contributed by atoms with Crippen LogP contribution in [0.4, 0.5) is 23.1 Å². The van der Waals surface area contributed by atoms with Crippen LogP contribution in [-0.2, 0) is 4.79 Å². The summed E-state index contributed by atoms with van der Waals surface area (Å²) < 4.78 is 10.6. The Morgan fingerprint density at radius 2 is 1.86 bits per heavy atom. The smallest absolute Gasteiger partial charge is 0.417 e. The van der Waals surface area contributed by atoms with Crippen LogP contribution in [0.15, 0.2) is 76.3 Å². The number of oxazole rings is 1. The minimum Gasteiger partial charge on any atom is -0.496 e. The number of carbonyl (C=O) groups is 1. The van der Waals surface area contributed by atoms with Gasteiger partial charge in [0.1, 0.15) is 11.6 Å². The van der Waals surface area contributed by atoms with Crippen LogP contribution in [0.3, 0.4) is 0 Å². The van der Waals surface area contributed by atoms with Crippen LogP contribution in [0, 0.1) is 6.92 Å². The molecule has 0 radical (unpaired) electrons. The van der Waals surface area contributed by atoms with E-state index >= 15 is 0 Å². The molecule has 182 valence electrons. The average Bonchev–Trinajstić information content (AvgIpc) is 3.26. The molecule has 3 aromatic heterocycles. The fraction of sp³-hybridized carbons (Fsp3) is 0.0800. The number of ether oxygens (including phenoxy) is 1. The van der Waals surface area contributed by atoms with Crippen molar-refractivity contribution in [1.82, 2.24) is 19.9 Å². The van der Waals surface area contributed by atoms with E-state index in [1.807, 2.05) is 43.3 Å². The summed E-state index contributed by atoms with van der Waals surface area (Å²) in [7, 11) is 1.63. The molecular formula is C25H22N6O5. The first kappa shape index (κ1) is 24.0. The molecule has 0 saturated carbocycles. The number of benzene rings is 2. The van der Waals surface area contributed by atoms with Gasteiger partial charge in [-0.15, -0.1) is 0 Å². The first-order valence-electron chi connectivity index (χ1n) is 10.7. The second kappa shape index (κ2) is 10.8. The number of aryl methyl sites for hydroxylation is 1. The zero-order valence-electron chi connectivity index (χ0n) is 19.4. The van der Waals surface area contributed by atoms with E-state index in [-0.39, 0.29) is 6.47 Å². The van der Waals surface area contributed by atoms with E-state index in [4.69, 9.17) is 19.1 Å². The van der Waals surface area contributed by atoms with Gasteiger partial charge in [0.05, 0.1) is 12.6 Å². The second-order valence-electron chi connectivity index (χ2n) is 7.46. The lowest BCUT2D eigenvalue weighted by Crippen LogP contribution is -2.03. The Balaban J connectivity index is 0.000000967. The third kappa shape index (κ3) is 5.47. The second-order valence-corrected chi connectivity index (χ2v) is 7.46. The summed E-state index contributed by atoms with van der Waals surface area (Å²) in [5, 5.41) is 13.4. The quantitative estimate of drug-likeness (QED) is 0.252. The predicted octanol–water partition coefficient (Wildman–Crippen LogP) is 4.48. The summed E-state index contributed by atoms with van der Waals surface area (Å²) in [5.74, 6) is 1.28. The molecule has 0 atom stereocenters. The third-order valence-corrected chi connectivity index (χ3v) is 5.08. The van der Waals surface area contributed by atoms with Crippen molar-refractivity contribution in [3.8, 4) is 16.9 Å². The Morgan fingerprint density at radius 3 is 2.61 bits per heavy atom. The summed E-state index contributed by atoms with van der Waals surface area (Å²) in [5.41, 5.74) is 5.42. The predicted molar refractivity (Wildman–Crippen MR) is 135 cm³/mol. The fourth-order valence-electron chi connectivity index (χ4n) is 3.45. The maximum Gasteiger partial charge on any atom is 0.417 e. The summed E-state index contributed by atoms with van der Waals surface area (Å²) in [6.07, 6.45) is 5.26. The van der Waals surface area contributed by atoms with Crippen molar-refractivity contribution in [2.45, 2.75) is 6.92 Å². The first-order chi connectivity index (χ1) is 17.5. The summed E-state index contributed by atoms with van der Waals surface area (Å²) in [6.45, 7) is 1.66. The van der Waals surface area contributed by atoms with Gasteiger partial charge in [-0.1, -0.05) is 6.07 Å². The number of rotatable bonds is 6. The Kier molecular flexibility index (Phi) is 7.20. The summed E-state index contributed by atoms with van der Waals surface area (Å²) in [4.78, 5) is 35.6. The van der Waals surface area contributed by atoms with Crippen LogP contribution >= 0.6 is 0 Å². The highest BCUT2D eigenvalue weighted by Crippen LogP contribution is 2.33. The number of methoxy groups -OCH3 is 1.